The molecule has 11 aromatic rings. The zero-order valence-corrected chi connectivity index (χ0v) is 29.6. The van der Waals surface area contributed by atoms with Crippen molar-refractivity contribution >= 4 is 65.0 Å². The molecule has 0 aliphatic carbocycles. The Morgan fingerprint density at radius 3 is 1.81 bits per heavy atom. The van der Waals surface area contributed by atoms with E-state index < -0.39 is 0 Å². The Labute approximate surface area is 313 Å². The minimum absolute atomic E-state index is 0.621. The third-order valence-corrected chi connectivity index (χ3v) is 11.3. The van der Waals surface area contributed by atoms with Crippen molar-refractivity contribution < 1.29 is 4.42 Å². The summed E-state index contributed by atoms with van der Waals surface area (Å²) in [7, 11) is 0. The Morgan fingerprint density at radius 1 is 0.407 bits per heavy atom. The van der Waals surface area contributed by atoms with Crippen LogP contribution in [0.3, 0.4) is 0 Å². The van der Waals surface area contributed by atoms with Crippen LogP contribution in [-0.2, 0) is 0 Å². The van der Waals surface area contributed by atoms with Gasteiger partial charge in [-0.15, -0.1) is 11.3 Å². The average molecular weight is 709 g/mol. The van der Waals surface area contributed by atoms with Gasteiger partial charge in [-0.2, -0.15) is 0 Å². The molecule has 6 heteroatoms. The van der Waals surface area contributed by atoms with Crippen molar-refractivity contribution in [2.45, 2.75) is 0 Å². The molecule has 0 saturated heterocycles. The van der Waals surface area contributed by atoms with Crippen LogP contribution in [0, 0.1) is 0 Å². The first-order chi connectivity index (χ1) is 26.7. The van der Waals surface area contributed by atoms with Crippen LogP contribution in [0.4, 0.5) is 0 Å². The zero-order chi connectivity index (χ0) is 35.6. The van der Waals surface area contributed by atoms with Gasteiger partial charge in [-0.3, -0.25) is 0 Å². The molecule has 8 aromatic carbocycles. The number of benzene rings is 8. The van der Waals surface area contributed by atoms with Gasteiger partial charge in [-0.25, -0.2) is 19.9 Å². The van der Waals surface area contributed by atoms with Crippen LogP contribution in [-0.4, -0.2) is 19.9 Å². The maximum Gasteiger partial charge on any atom is 0.164 e. The first-order valence-electron chi connectivity index (χ1n) is 17.9. The number of para-hydroxylation sites is 1. The van der Waals surface area contributed by atoms with Crippen LogP contribution < -0.4 is 0 Å². The summed E-state index contributed by atoms with van der Waals surface area (Å²) in [5.41, 5.74) is 8.72. The lowest BCUT2D eigenvalue weighted by Crippen LogP contribution is -2.01. The van der Waals surface area contributed by atoms with Gasteiger partial charge in [-0.05, 0) is 45.3 Å². The molecule has 0 fully saturated rings. The maximum atomic E-state index is 6.52. The van der Waals surface area contributed by atoms with Crippen molar-refractivity contribution in [3.63, 3.8) is 0 Å². The van der Waals surface area contributed by atoms with Gasteiger partial charge in [0.25, 0.3) is 0 Å². The van der Waals surface area contributed by atoms with Crippen molar-refractivity contribution in [3.8, 4) is 55.9 Å². The zero-order valence-electron chi connectivity index (χ0n) is 28.8. The van der Waals surface area contributed by atoms with Crippen LogP contribution in [0.1, 0.15) is 0 Å². The molecule has 0 spiro atoms. The van der Waals surface area contributed by atoms with E-state index in [9.17, 15) is 0 Å². The van der Waals surface area contributed by atoms with E-state index in [4.69, 9.17) is 24.4 Å². The quantitative estimate of drug-likeness (QED) is 0.178. The highest BCUT2D eigenvalue weighted by Gasteiger charge is 2.23. The Hall–Kier alpha value is -7.02. The predicted molar refractivity (Wildman–Crippen MR) is 222 cm³/mol. The van der Waals surface area contributed by atoms with Crippen molar-refractivity contribution in [2.24, 2.45) is 0 Å². The first-order valence-corrected chi connectivity index (χ1v) is 18.7. The average Bonchev–Trinajstić information content (AvgIpc) is 3.84. The molecule has 252 valence electrons. The van der Waals surface area contributed by atoms with E-state index in [0.29, 0.717) is 17.5 Å². The predicted octanol–water partition coefficient (Wildman–Crippen LogP) is 13.0. The number of hydrogen-bond acceptors (Lipinski definition) is 6. The molecule has 0 atom stereocenters. The number of aromatic nitrogens is 4. The second-order valence-electron chi connectivity index (χ2n) is 13.4. The number of furan rings is 1. The van der Waals surface area contributed by atoms with Crippen molar-refractivity contribution in [2.75, 3.05) is 0 Å². The summed E-state index contributed by atoms with van der Waals surface area (Å²) in [6.07, 6.45) is 0. The molecule has 0 aliphatic rings. The van der Waals surface area contributed by atoms with Gasteiger partial charge >= 0.3 is 0 Å². The summed E-state index contributed by atoms with van der Waals surface area (Å²) in [5.74, 6) is 1.88. The molecule has 0 aliphatic heterocycles. The number of thiazole rings is 1. The lowest BCUT2D eigenvalue weighted by Gasteiger charge is -2.14. The van der Waals surface area contributed by atoms with Crippen LogP contribution in [0.25, 0.3) is 110 Å². The summed E-state index contributed by atoms with van der Waals surface area (Å²) in [4.78, 5) is 20.5. The second kappa shape index (κ2) is 12.3. The fourth-order valence-electron chi connectivity index (χ4n) is 7.61. The summed E-state index contributed by atoms with van der Waals surface area (Å²) in [5, 5.41) is 7.60. The third-order valence-electron chi connectivity index (χ3n) is 10.2. The van der Waals surface area contributed by atoms with Crippen LogP contribution >= 0.6 is 11.3 Å². The summed E-state index contributed by atoms with van der Waals surface area (Å²) < 4.78 is 7.64. The second-order valence-corrected chi connectivity index (χ2v) is 14.4. The molecule has 0 N–H and O–H groups in total. The van der Waals surface area contributed by atoms with Crippen LogP contribution in [0.5, 0.6) is 0 Å². The third kappa shape index (κ3) is 4.99. The van der Waals surface area contributed by atoms with Gasteiger partial charge in [0.15, 0.2) is 17.5 Å². The fraction of sp³-hybridized carbons (Fsp3) is 0. The lowest BCUT2D eigenvalue weighted by molar-refractivity contribution is 0.669. The monoisotopic (exact) mass is 708 g/mol. The van der Waals surface area contributed by atoms with Gasteiger partial charge in [-0.1, -0.05) is 146 Å². The van der Waals surface area contributed by atoms with E-state index in [-0.39, 0.29) is 0 Å². The Kier molecular flexibility index (Phi) is 6.97. The summed E-state index contributed by atoms with van der Waals surface area (Å²) >= 11 is 1.72. The minimum atomic E-state index is 0.621. The van der Waals surface area contributed by atoms with E-state index in [1.807, 2.05) is 48.5 Å². The summed E-state index contributed by atoms with van der Waals surface area (Å²) in [6, 6.07) is 58.6. The van der Waals surface area contributed by atoms with Crippen molar-refractivity contribution in [1.82, 2.24) is 19.9 Å². The molecule has 0 saturated carbocycles. The first kappa shape index (κ1) is 30.6. The molecule has 0 unspecified atom stereocenters. The molecule has 3 aromatic heterocycles. The van der Waals surface area contributed by atoms with Crippen molar-refractivity contribution in [1.29, 1.82) is 0 Å². The molecule has 5 nitrogen and oxygen atoms in total. The molecule has 54 heavy (non-hydrogen) atoms. The standard InChI is InChI=1S/C48H28N4OS/c1-3-14-30(15-4-1)45-50-46(33-24-23-29-13-7-8-18-32(29)27-33)52-47(51-45)37-26-25-36(34-19-9-10-20-35(34)37)43-42-38-21-11-12-22-40(38)53-41(42)28-39-44(43)54-48(49-39)31-16-5-2-6-17-31/h1-28H. The van der Waals surface area contributed by atoms with Crippen LogP contribution in [0.15, 0.2) is 174 Å². The highest BCUT2D eigenvalue weighted by Crippen LogP contribution is 2.47. The van der Waals surface area contributed by atoms with E-state index in [1.165, 1.54) is 5.39 Å². The van der Waals surface area contributed by atoms with Gasteiger partial charge in [0.2, 0.25) is 0 Å². The SMILES string of the molecule is c1ccc(-c2nc(-c3ccc4ccccc4c3)nc(-c3ccc(-c4c5sc(-c6ccccc6)nc5cc5oc6ccccc6c45)c4ccccc34)n2)cc1. The normalized spacial score (nSPS) is 11.7. The minimum Gasteiger partial charge on any atom is -0.456 e. The molecular formula is C48H28N4OS. The Balaban J connectivity index is 1.17. The maximum absolute atomic E-state index is 6.52. The summed E-state index contributed by atoms with van der Waals surface area (Å²) in [6.45, 7) is 0. The number of rotatable bonds is 5. The van der Waals surface area contributed by atoms with Gasteiger partial charge in [0, 0.05) is 44.7 Å². The Morgan fingerprint density at radius 2 is 1.02 bits per heavy atom. The largest absolute Gasteiger partial charge is 0.456 e. The number of hydrogen-bond donors (Lipinski definition) is 0. The van der Waals surface area contributed by atoms with Crippen molar-refractivity contribution in [3.05, 3.63) is 170 Å². The molecule has 0 amide bonds. The fourth-order valence-corrected chi connectivity index (χ4v) is 8.73. The topological polar surface area (TPSA) is 64.7 Å². The van der Waals surface area contributed by atoms with Gasteiger partial charge < -0.3 is 4.42 Å². The molecule has 0 bridgehead atoms. The highest BCUT2D eigenvalue weighted by molar-refractivity contribution is 7.22. The van der Waals surface area contributed by atoms with Crippen LogP contribution in [0.2, 0.25) is 0 Å². The molecule has 0 radical (unpaired) electrons. The van der Waals surface area contributed by atoms with E-state index in [1.54, 1.807) is 11.3 Å². The number of fused-ring (bicyclic) bond motifs is 6. The smallest absolute Gasteiger partial charge is 0.164 e. The van der Waals surface area contributed by atoms with Gasteiger partial charge in [0.1, 0.15) is 16.2 Å². The Bertz CT molecular complexity index is 3220. The van der Waals surface area contributed by atoms with E-state index in [0.717, 1.165) is 86.7 Å². The molecular weight excluding hydrogens is 681 g/mol. The van der Waals surface area contributed by atoms with E-state index in [2.05, 4.69) is 121 Å². The molecule has 3 heterocycles. The lowest BCUT2D eigenvalue weighted by atomic mass is 9.92. The van der Waals surface area contributed by atoms with E-state index >= 15 is 0 Å². The molecule has 11 rings (SSSR count). The number of nitrogens with zero attached hydrogens (tertiary/aromatic N) is 4. The van der Waals surface area contributed by atoms with Gasteiger partial charge in [0.05, 0.1) is 10.2 Å². The highest BCUT2D eigenvalue weighted by atomic mass is 32.1.